The molecule has 1 aromatic heterocycles. The Morgan fingerprint density at radius 1 is 1.09 bits per heavy atom. The molecule has 0 bridgehead atoms. The van der Waals surface area contributed by atoms with E-state index in [9.17, 15) is 14.4 Å². The first-order chi connectivity index (χ1) is 11.0. The Labute approximate surface area is 136 Å². The third-order valence-electron chi connectivity index (χ3n) is 3.45. The zero-order chi connectivity index (χ0) is 16.4. The first-order valence-corrected chi connectivity index (χ1v) is 7.85. The molecule has 0 saturated carbocycles. The summed E-state index contributed by atoms with van der Waals surface area (Å²) in [5.41, 5.74) is 1.93. The average molecular weight is 326 g/mol. The maximum Gasteiger partial charge on any atom is 0.308 e. The highest BCUT2D eigenvalue weighted by Gasteiger charge is 2.11. The molecule has 23 heavy (non-hydrogen) atoms. The predicted molar refractivity (Wildman–Crippen MR) is 91.2 cm³/mol. The summed E-state index contributed by atoms with van der Waals surface area (Å²) in [5, 5.41) is 2.73. The molecular weight excluding hydrogens is 312 g/mol. The lowest BCUT2D eigenvalue weighted by molar-refractivity contribution is -0.116. The normalized spacial score (nSPS) is 10.7. The van der Waals surface area contributed by atoms with Crippen molar-refractivity contribution in [3.63, 3.8) is 0 Å². The van der Waals surface area contributed by atoms with E-state index in [1.54, 1.807) is 24.3 Å². The highest BCUT2D eigenvalue weighted by atomic mass is 32.1. The van der Waals surface area contributed by atoms with Crippen LogP contribution in [-0.2, 0) is 11.3 Å². The average Bonchev–Trinajstić information content (AvgIpc) is 2.84. The largest absolute Gasteiger partial charge is 0.325 e. The number of hydrogen-bond donors (Lipinski definition) is 1. The molecule has 1 N–H and O–H groups in total. The Hall–Kier alpha value is -2.73. The van der Waals surface area contributed by atoms with Crippen molar-refractivity contribution in [3.8, 4) is 0 Å². The van der Waals surface area contributed by atoms with Crippen molar-refractivity contribution in [2.45, 2.75) is 13.5 Å². The van der Waals surface area contributed by atoms with Gasteiger partial charge in [0.25, 0.3) is 0 Å². The summed E-state index contributed by atoms with van der Waals surface area (Å²) in [6.45, 7) is 1.44. The third kappa shape index (κ3) is 3.22. The number of benzene rings is 2. The minimum Gasteiger partial charge on any atom is -0.325 e. The second-order valence-electron chi connectivity index (χ2n) is 5.10. The lowest BCUT2D eigenvalue weighted by Gasteiger charge is -2.07. The van der Waals surface area contributed by atoms with Crippen LogP contribution in [0, 0.1) is 0 Å². The first-order valence-electron chi connectivity index (χ1n) is 7.04. The Morgan fingerprint density at radius 3 is 2.48 bits per heavy atom. The maximum atomic E-state index is 12.2. The van der Waals surface area contributed by atoms with E-state index in [0.29, 0.717) is 11.3 Å². The van der Waals surface area contributed by atoms with Crippen molar-refractivity contribution < 1.29 is 9.59 Å². The number of para-hydroxylation sites is 1. The Balaban J connectivity index is 1.77. The van der Waals surface area contributed by atoms with Crippen LogP contribution in [0.3, 0.4) is 0 Å². The van der Waals surface area contributed by atoms with Crippen LogP contribution in [0.1, 0.15) is 17.3 Å². The molecule has 0 unspecified atom stereocenters. The molecule has 0 radical (unpaired) electrons. The fourth-order valence-corrected chi connectivity index (χ4v) is 3.19. The maximum absolute atomic E-state index is 12.2. The number of Topliss-reactive ketones (excluding diaryl/α,β-unsaturated/α-hetero) is 1. The van der Waals surface area contributed by atoms with Gasteiger partial charge in [0.15, 0.2) is 5.78 Å². The molecule has 0 aliphatic rings. The van der Waals surface area contributed by atoms with Gasteiger partial charge in [-0.05, 0) is 43.3 Å². The number of thiazole rings is 1. The Kier molecular flexibility index (Phi) is 4.08. The molecule has 2 aromatic carbocycles. The molecule has 1 heterocycles. The summed E-state index contributed by atoms with van der Waals surface area (Å²) in [4.78, 5) is 35.2. The minimum atomic E-state index is -0.286. The number of rotatable bonds is 4. The number of amides is 1. The molecule has 0 aliphatic heterocycles. The molecule has 0 spiro atoms. The molecule has 3 rings (SSSR count). The molecule has 6 heteroatoms. The Bertz CT molecular complexity index is 938. The summed E-state index contributed by atoms with van der Waals surface area (Å²) in [6.07, 6.45) is 0. The first kappa shape index (κ1) is 15.2. The van der Waals surface area contributed by atoms with Gasteiger partial charge in [-0.25, -0.2) is 0 Å². The van der Waals surface area contributed by atoms with Crippen LogP contribution >= 0.6 is 11.3 Å². The molecule has 116 valence electrons. The second-order valence-corrected chi connectivity index (χ2v) is 6.10. The van der Waals surface area contributed by atoms with E-state index in [1.165, 1.54) is 11.5 Å². The monoisotopic (exact) mass is 326 g/mol. The third-order valence-corrected chi connectivity index (χ3v) is 4.41. The standard InChI is InChI=1S/C17H14N2O3S/c1-11(20)12-6-8-13(9-7-12)18-16(21)10-19-14-4-2-3-5-15(14)23-17(19)22/h2-9H,10H2,1H3,(H,18,21). The number of anilines is 1. The van der Waals surface area contributed by atoms with Crippen molar-refractivity contribution in [1.29, 1.82) is 0 Å². The predicted octanol–water partition coefficient (Wildman–Crippen LogP) is 2.90. The van der Waals surface area contributed by atoms with Crippen LogP contribution in [0.15, 0.2) is 53.3 Å². The van der Waals surface area contributed by atoms with Crippen LogP contribution in [0.4, 0.5) is 5.69 Å². The van der Waals surface area contributed by atoms with Gasteiger partial charge in [0.2, 0.25) is 5.91 Å². The van der Waals surface area contributed by atoms with Crippen LogP contribution < -0.4 is 10.2 Å². The van der Waals surface area contributed by atoms with E-state index in [2.05, 4.69) is 5.32 Å². The van der Waals surface area contributed by atoms with Gasteiger partial charge in [0.05, 0.1) is 10.2 Å². The molecule has 0 saturated heterocycles. The number of nitrogens with one attached hydrogen (secondary N) is 1. The van der Waals surface area contributed by atoms with E-state index in [0.717, 1.165) is 21.6 Å². The highest BCUT2D eigenvalue weighted by Crippen LogP contribution is 2.16. The van der Waals surface area contributed by atoms with Gasteiger partial charge >= 0.3 is 4.87 Å². The van der Waals surface area contributed by atoms with Gasteiger partial charge in [0, 0.05) is 11.3 Å². The van der Waals surface area contributed by atoms with E-state index >= 15 is 0 Å². The smallest absolute Gasteiger partial charge is 0.308 e. The van der Waals surface area contributed by atoms with Crippen LogP contribution in [0.25, 0.3) is 10.2 Å². The minimum absolute atomic E-state index is 0.0285. The highest BCUT2D eigenvalue weighted by molar-refractivity contribution is 7.16. The molecule has 0 fully saturated rings. The molecule has 0 atom stereocenters. The molecule has 5 nitrogen and oxygen atoms in total. The van der Waals surface area contributed by atoms with E-state index in [1.807, 2.05) is 24.3 Å². The summed E-state index contributed by atoms with van der Waals surface area (Å²) in [5.74, 6) is -0.314. The number of carbonyl (C=O) groups is 2. The number of nitrogens with zero attached hydrogens (tertiary/aromatic N) is 1. The number of hydrogen-bond acceptors (Lipinski definition) is 4. The molecule has 0 aliphatic carbocycles. The zero-order valence-corrected chi connectivity index (χ0v) is 13.2. The summed E-state index contributed by atoms with van der Waals surface area (Å²) < 4.78 is 2.32. The van der Waals surface area contributed by atoms with Gasteiger partial charge in [-0.15, -0.1) is 0 Å². The topological polar surface area (TPSA) is 68.2 Å². The number of aromatic nitrogens is 1. The summed E-state index contributed by atoms with van der Waals surface area (Å²) in [6, 6.07) is 14.0. The van der Waals surface area contributed by atoms with Gasteiger partial charge in [-0.1, -0.05) is 23.5 Å². The molecule has 1 amide bonds. The number of ketones is 1. The van der Waals surface area contributed by atoms with E-state index in [-0.39, 0.29) is 23.1 Å². The summed E-state index contributed by atoms with van der Waals surface area (Å²) in [7, 11) is 0. The SMILES string of the molecule is CC(=O)c1ccc(NC(=O)Cn2c(=O)sc3ccccc32)cc1. The van der Waals surface area contributed by atoms with E-state index in [4.69, 9.17) is 0 Å². The lowest BCUT2D eigenvalue weighted by atomic mass is 10.1. The van der Waals surface area contributed by atoms with Crippen molar-refractivity contribution >= 4 is 38.9 Å². The van der Waals surface area contributed by atoms with Gasteiger partial charge < -0.3 is 5.32 Å². The number of fused-ring (bicyclic) bond motifs is 1. The van der Waals surface area contributed by atoms with Crippen molar-refractivity contribution in [2.75, 3.05) is 5.32 Å². The van der Waals surface area contributed by atoms with E-state index < -0.39 is 0 Å². The van der Waals surface area contributed by atoms with Crippen molar-refractivity contribution in [3.05, 3.63) is 63.8 Å². The summed E-state index contributed by atoms with van der Waals surface area (Å²) >= 11 is 1.12. The van der Waals surface area contributed by atoms with Gasteiger partial charge in [-0.2, -0.15) is 0 Å². The lowest BCUT2D eigenvalue weighted by Crippen LogP contribution is -2.24. The fraction of sp³-hybridized carbons (Fsp3) is 0.118. The van der Waals surface area contributed by atoms with Crippen molar-refractivity contribution in [2.24, 2.45) is 0 Å². The fourth-order valence-electron chi connectivity index (χ4n) is 2.30. The van der Waals surface area contributed by atoms with Gasteiger partial charge in [0.1, 0.15) is 6.54 Å². The quantitative estimate of drug-likeness (QED) is 0.750. The molecular formula is C17H14N2O3S. The van der Waals surface area contributed by atoms with Crippen LogP contribution in [0.2, 0.25) is 0 Å². The number of carbonyl (C=O) groups excluding carboxylic acids is 2. The van der Waals surface area contributed by atoms with Crippen molar-refractivity contribution in [1.82, 2.24) is 4.57 Å². The van der Waals surface area contributed by atoms with Crippen LogP contribution in [0.5, 0.6) is 0 Å². The second kappa shape index (κ2) is 6.18. The van der Waals surface area contributed by atoms with Gasteiger partial charge in [-0.3, -0.25) is 19.0 Å². The zero-order valence-electron chi connectivity index (χ0n) is 12.4. The van der Waals surface area contributed by atoms with Crippen LogP contribution in [-0.4, -0.2) is 16.3 Å². The Morgan fingerprint density at radius 2 is 1.78 bits per heavy atom. The molecule has 3 aromatic rings.